The van der Waals surface area contributed by atoms with Crippen molar-refractivity contribution in [1.29, 1.82) is 0 Å². The van der Waals surface area contributed by atoms with Gasteiger partial charge in [0.25, 0.3) is 0 Å². The van der Waals surface area contributed by atoms with Gasteiger partial charge in [0.05, 0.1) is 0 Å². The summed E-state index contributed by atoms with van der Waals surface area (Å²) in [4.78, 5) is 7.33. The summed E-state index contributed by atoms with van der Waals surface area (Å²) in [5.74, 6) is 0.0831. The van der Waals surface area contributed by atoms with Crippen LogP contribution in [0.3, 0.4) is 0 Å². The fraction of sp³-hybridized carbons (Fsp3) is 0.308. The molecule has 0 fully saturated rings. The second-order valence-electron chi connectivity index (χ2n) is 8.59. The van der Waals surface area contributed by atoms with E-state index < -0.39 is 17.5 Å². The topological polar surface area (TPSA) is 47.0 Å². The largest absolute Gasteiger partial charge is 0.451 e. The Kier molecular flexibility index (Phi) is 7.87. The highest BCUT2D eigenvalue weighted by Gasteiger charge is 2.34. The molecule has 0 aliphatic rings. The molecule has 0 saturated heterocycles. The number of halogens is 4. The number of nitrogens with one attached hydrogen (secondary N) is 1. The van der Waals surface area contributed by atoms with Crippen molar-refractivity contribution in [3.05, 3.63) is 101 Å². The summed E-state index contributed by atoms with van der Waals surface area (Å²) < 4.78 is 44.7. The van der Waals surface area contributed by atoms with Crippen LogP contribution in [0.1, 0.15) is 43.5 Å². The monoisotopic (exact) mass is 489 g/mol. The zero-order valence-electron chi connectivity index (χ0n) is 19.2. The van der Waals surface area contributed by atoms with Gasteiger partial charge < -0.3 is 10.1 Å². The van der Waals surface area contributed by atoms with Crippen molar-refractivity contribution in [1.82, 2.24) is 15.3 Å². The van der Waals surface area contributed by atoms with Crippen LogP contribution in [0.5, 0.6) is 6.01 Å². The van der Waals surface area contributed by atoms with E-state index in [0.29, 0.717) is 10.7 Å². The standard InChI is InChI=1S/C26H27ClF3N3O/c1-17(22(20-8-6-5-7-9-20)16-19-10-12-21(27)13-11-19)32-18(2)25(3,4)34-24-31-15-14-23(33-24)26(28,29)30/h5-15,17,22,32H,2,16H2,1,3-4H3/t17-,22?/m0/s1. The minimum atomic E-state index is -4.58. The van der Waals surface area contributed by atoms with Crippen LogP contribution in [0.25, 0.3) is 0 Å². The van der Waals surface area contributed by atoms with Gasteiger partial charge in [0, 0.05) is 28.9 Å². The van der Waals surface area contributed by atoms with E-state index in [1.54, 1.807) is 13.8 Å². The van der Waals surface area contributed by atoms with Gasteiger partial charge in [-0.1, -0.05) is 60.6 Å². The molecule has 0 aliphatic heterocycles. The molecule has 2 aromatic carbocycles. The highest BCUT2D eigenvalue weighted by atomic mass is 35.5. The quantitative estimate of drug-likeness (QED) is 0.358. The molecule has 2 atom stereocenters. The van der Waals surface area contributed by atoms with Gasteiger partial charge in [-0.2, -0.15) is 18.2 Å². The number of rotatable bonds is 9. The fourth-order valence-corrected chi connectivity index (χ4v) is 3.67. The molecule has 3 aromatic rings. The first-order valence-electron chi connectivity index (χ1n) is 10.8. The first-order valence-corrected chi connectivity index (χ1v) is 11.2. The summed E-state index contributed by atoms with van der Waals surface area (Å²) in [7, 11) is 0. The van der Waals surface area contributed by atoms with E-state index in [9.17, 15) is 13.2 Å². The van der Waals surface area contributed by atoms with Gasteiger partial charge in [-0.05, 0) is 56.5 Å². The Hall–Kier alpha value is -3.06. The Bertz CT molecular complexity index is 1100. The summed E-state index contributed by atoms with van der Waals surface area (Å²) >= 11 is 6.04. The van der Waals surface area contributed by atoms with Gasteiger partial charge in [0.2, 0.25) is 0 Å². The third kappa shape index (κ3) is 6.73. The predicted molar refractivity (Wildman–Crippen MR) is 128 cm³/mol. The van der Waals surface area contributed by atoms with Crippen LogP contribution in [-0.4, -0.2) is 21.6 Å². The number of aromatic nitrogens is 2. The first kappa shape index (κ1) is 25.6. The van der Waals surface area contributed by atoms with Crippen molar-refractivity contribution in [2.75, 3.05) is 0 Å². The third-order valence-electron chi connectivity index (χ3n) is 5.60. The van der Waals surface area contributed by atoms with Crippen LogP contribution in [0.2, 0.25) is 5.02 Å². The Labute approximate surface area is 202 Å². The van der Waals surface area contributed by atoms with Gasteiger partial charge in [-0.3, -0.25) is 0 Å². The molecule has 34 heavy (non-hydrogen) atoms. The zero-order valence-corrected chi connectivity index (χ0v) is 20.0. The smallest absolute Gasteiger partial charge is 0.433 e. The molecule has 1 N–H and O–H groups in total. The fourth-order valence-electron chi connectivity index (χ4n) is 3.54. The lowest BCUT2D eigenvalue weighted by atomic mass is 9.86. The number of benzene rings is 2. The minimum Gasteiger partial charge on any atom is -0.451 e. The van der Waals surface area contributed by atoms with Crippen LogP contribution in [-0.2, 0) is 12.6 Å². The molecule has 0 amide bonds. The molecule has 1 unspecified atom stereocenters. The van der Waals surface area contributed by atoms with E-state index in [1.165, 1.54) is 0 Å². The molecular weight excluding hydrogens is 463 g/mol. The lowest BCUT2D eigenvalue weighted by Gasteiger charge is -2.33. The van der Waals surface area contributed by atoms with Crippen LogP contribution in [0.15, 0.2) is 79.1 Å². The lowest BCUT2D eigenvalue weighted by Crippen LogP contribution is -2.43. The average molecular weight is 490 g/mol. The number of ether oxygens (including phenoxy) is 1. The molecular formula is C26H27ClF3N3O. The predicted octanol–water partition coefficient (Wildman–Crippen LogP) is 6.82. The molecule has 0 spiro atoms. The average Bonchev–Trinajstić information content (AvgIpc) is 2.78. The second kappa shape index (κ2) is 10.5. The molecule has 0 bridgehead atoms. The summed E-state index contributed by atoms with van der Waals surface area (Å²) in [6.07, 6.45) is -2.81. The summed E-state index contributed by atoms with van der Waals surface area (Å²) in [6, 6.07) is 18.2. The van der Waals surface area contributed by atoms with Crippen molar-refractivity contribution in [3.63, 3.8) is 0 Å². The molecule has 0 saturated carbocycles. The molecule has 1 heterocycles. The van der Waals surface area contributed by atoms with E-state index >= 15 is 0 Å². The van der Waals surface area contributed by atoms with E-state index in [2.05, 4.69) is 34.0 Å². The van der Waals surface area contributed by atoms with Gasteiger partial charge in [0.15, 0.2) is 5.69 Å². The number of hydrogen-bond acceptors (Lipinski definition) is 4. The molecule has 1 aromatic heterocycles. The minimum absolute atomic E-state index is 0.0733. The Morgan fingerprint density at radius 1 is 1.06 bits per heavy atom. The summed E-state index contributed by atoms with van der Waals surface area (Å²) in [5, 5.41) is 4.07. The molecule has 3 rings (SSSR count). The van der Waals surface area contributed by atoms with Crippen molar-refractivity contribution in [2.45, 2.75) is 50.9 Å². The molecule has 180 valence electrons. The van der Waals surface area contributed by atoms with E-state index in [4.69, 9.17) is 16.3 Å². The second-order valence-corrected chi connectivity index (χ2v) is 9.03. The van der Waals surface area contributed by atoms with Crippen molar-refractivity contribution < 1.29 is 17.9 Å². The third-order valence-corrected chi connectivity index (χ3v) is 5.85. The van der Waals surface area contributed by atoms with Crippen LogP contribution in [0, 0.1) is 0 Å². The normalized spacial score (nSPS) is 13.7. The van der Waals surface area contributed by atoms with Crippen LogP contribution >= 0.6 is 11.6 Å². The summed E-state index contributed by atoms with van der Waals surface area (Å²) in [5.41, 5.74) is 0.640. The Balaban J connectivity index is 1.76. The SMILES string of the molecule is C=C(N[C@@H](C)C(Cc1ccc(Cl)cc1)c1ccccc1)C(C)(C)Oc1nccc(C(F)(F)F)n1. The van der Waals surface area contributed by atoms with Crippen molar-refractivity contribution >= 4 is 11.6 Å². The van der Waals surface area contributed by atoms with Crippen LogP contribution in [0.4, 0.5) is 13.2 Å². The molecule has 8 heteroatoms. The Morgan fingerprint density at radius 3 is 2.32 bits per heavy atom. The maximum absolute atomic E-state index is 13.0. The van der Waals surface area contributed by atoms with E-state index in [-0.39, 0.29) is 18.0 Å². The zero-order chi connectivity index (χ0) is 24.9. The number of hydrogen-bond donors (Lipinski definition) is 1. The van der Waals surface area contributed by atoms with Crippen molar-refractivity contribution in [2.24, 2.45) is 0 Å². The molecule has 0 aliphatic carbocycles. The maximum atomic E-state index is 13.0. The number of alkyl halides is 3. The number of nitrogens with zero attached hydrogens (tertiary/aromatic N) is 2. The van der Waals surface area contributed by atoms with Gasteiger partial charge >= 0.3 is 12.2 Å². The lowest BCUT2D eigenvalue weighted by molar-refractivity contribution is -0.141. The maximum Gasteiger partial charge on any atom is 0.433 e. The highest BCUT2D eigenvalue weighted by molar-refractivity contribution is 6.30. The van der Waals surface area contributed by atoms with Crippen LogP contribution < -0.4 is 10.1 Å². The molecule has 0 radical (unpaired) electrons. The highest BCUT2D eigenvalue weighted by Crippen LogP contribution is 2.30. The summed E-state index contributed by atoms with van der Waals surface area (Å²) in [6.45, 7) is 9.54. The van der Waals surface area contributed by atoms with E-state index in [0.717, 1.165) is 29.8 Å². The van der Waals surface area contributed by atoms with E-state index in [1.807, 2.05) is 49.4 Å². The first-order chi connectivity index (χ1) is 16.0. The molecule has 4 nitrogen and oxygen atoms in total. The van der Waals surface area contributed by atoms with Gasteiger partial charge in [-0.15, -0.1) is 0 Å². The Morgan fingerprint density at radius 2 is 1.71 bits per heavy atom. The van der Waals surface area contributed by atoms with Gasteiger partial charge in [-0.25, -0.2) is 4.98 Å². The van der Waals surface area contributed by atoms with Crippen molar-refractivity contribution in [3.8, 4) is 6.01 Å². The van der Waals surface area contributed by atoms with Gasteiger partial charge in [0.1, 0.15) is 5.60 Å².